The van der Waals surface area contributed by atoms with E-state index in [2.05, 4.69) is 0 Å². The van der Waals surface area contributed by atoms with Gasteiger partial charge in [-0.1, -0.05) is 18.9 Å². The van der Waals surface area contributed by atoms with Crippen molar-refractivity contribution in [3.63, 3.8) is 0 Å². The molecule has 3 rings (SSSR count). The van der Waals surface area contributed by atoms with E-state index < -0.39 is 0 Å². The maximum atomic E-state index is 12.8. The number of carbonyl (C=O) groups excluding carboxylic acids is 2. The van der Waals surface area contributed by atoms with Crippen molar-refractivity contribution < 1.29 is 9.59 Å². The number of amides is 1. The summed E-state index contributed by atoms with van der Waals surface area (Å²) in [7, 11) is 0. The molecule has 0 spiro atoms. The molecule has 0 bridgehead atoms. The molecule has 3 nitrogen and oxygen atoms in total. The highest BCUT2D eigenvalue weighted by atomic mass is 32.2. The number of ketones is 1. The van der Waals surface area contributed by atoms with Gasteiger partial charge in [0.1, 0.15) is 0 Å². The molecule has 2 aliphatic rings. The predicted octanol–water partition coefficient (Wildman–Crippen LogP) is 3.37. The van der Waals surface area contributed by atoms with Crippen molar-refractivity contribution in [3.8, 4) is 0 Å². The molecular formula is C17H21NO2S. The summed E-state index contributed by atoms with van der Waals surface area (Å²) in [6.45, 7) is 1.81. The summed E-state index contributed by atoms with van der Waals surface area (Å²) < 4.78 is 0. The summed E-state index contributed by atoms with van der Waals surface area (Å²) in [5.41, 5.74) is 7.14. The van der Waals surface area contributed by atoms with Crippen LogP contribution in [0.5, 0.6) is 0 Å². The number of rotatable bonds is 2. The number of carbonyl (C=O) groups is 2. The molecule has 0 saturated heterocycles. The van der Waals surface area contributed by atoms with Gasteiger partial charge in [-0.05, 0) is 43.4 Å². The van der Waals surface area contributed by atoms with Crippen molar-refractivity contribution in [1.29, 1.82) is 0 Å². The van der Waals surface area contributed by atoms with E-state index in [1.165, 1.54) is 19.3 Å². The Kier molecular flexibility index (Phi) is 4.07. The largest absolute Gasteiger partial charge is 0.369 e. The zero-order valence-corrected chi connectivity index (χ0v) is 13.1. The molecule has 112 valence electrons. The number of primary amides is 1. The predicted molar refractivity (Wildman–Crippen MR) is 84.6 cm³/mol. The highest BCUT2D eigenvalue weighted by Crippen LogP contribution is 2.42. The standard InChI is InChI=1S/C17H21NO2S/c1-10(17(18)20)11-6-7-14-15(8-11)21-9-12-4-2-3-5-13(12)16(14)19/h6-8,10,12-13H,2-5,9H2,1H3,(H2,18,20). The second-order valence-corrected chi connectivity index (χ2v) is 7.27. The second-order valence-electron chi connectivity index (χ2n) is 6.21. The monoisotopic (exact) mass is 303 g/mol. The van der Waals surface area contributed by atoms with Crippen LogP contribution in [0, 0.1) is 11.8 Å². The third-order valence-electron chi connectivity index (χ3n) is 4.90. The lowest BCUT2D eigenvalue weighted by atomic mass is 9.76. The van der Waals surface area contributed by atoms with Crippen molar-refractivity contribution in [2.45, 2.75) is 43.4 Å². The quantitative estimate of drug-likeness (QED) is 0.911. The Morgan fingerprint density at radius 3 is 2.86 bits per heavy atom. The molecule has 1 aromatic carbocycles. The third kappa shape index (κ3) is 2.73. The second kappa shape index (κ2) is 5.84. The molecule has 1 fully saturated rings. The molecule has 1 aromatic rings. The zero-order valence-electron chi connectivity index (χ0n) is 12.3. The van der Waals surface area contributed by atoms with Gasteiger partial charge in [0.2, 0.25) is 5.91 Å². The van der Waals surface area contributed by atoms with Gasteiger partial charge < -0.3 is 5.73 Å². The van der Waals surface area contributed by atoms with Crippen molar-refractivity contribution in [3.05, 3.63) is 29.3 Å². The van der Waals surface area contributed by atoms with Crippen LogP contribution in [0.1, 0.15) is 54.4 Å². The van der Waals surface area contributed by atoms with E-state index in [0.717, 1.165) is 28.2 Å². The summed E-state index contributed by atoms with van der Waals surface area (Å²) in [6, 6.07) is 5.77. The number of thioether (sulfide) groups is 1. The first-order chi connectivity index (χ1) is 10.1. The Morgan fingerprint density at radius 2 is 2.10 bits per heavy atom. The lowest BCUT2D eigenvalue weighted by Gasteiger charge is -2.28. The molecule has 3 unspecified atom stereocenters. The van der Waals surface area contributed by atoms with Crippen LogP contribution < -0.4 is 5.73 Å². The lowest BCUT2D eigenvalue weighted by molar-refractivity contribution is -0.119. The molecular weight excluding hydrogens is 282 g/mol. The molecule has 1 amide bonds. The molecule has 0 aromatic heterocycles. The molecule has 21 heavy (non-hydrogen) atoms. The Balaban J connectivity index is 1.95. The summed E-state index contributed by atoms with van der Waals surface area (Å²) in [5, 5.41) is 0. The van der Waals surface area contributed by atoms with Gasteiger partial charge in [0.05, 0.1) is 5.92 Å². The molecule has 4 heteroatoms. The van der Waals surface area contributed by atoms with Crippen LogP contribution in [0.15, 0.2) is 23.1 Å². The summed E-state index contributed by atoms with van der Waals surface area (Å²) in [5.74, 6) is 1.40. The number of Topliss-reactive ketones (excluding diaryl/α,β-unsaturated/α-hetero) is 1. The van der Waals surface area contributed by atoms with Crippen LogP contribution in [0.2, 0.25) is 0 Å². The number of benzene rings is 1. The minimum absolute atomic E-state index is 0.201. The van der Waals surface area contributed by atoms with Crippen molar-refractivity contribution in [2.24, 2.45) is 17.6 Å². The average Bonchev–Trinajstić information content (AvgIpc) is 2.64. The van der Waals surface area contributed by atoms with Crippen molar-refractivity contribution >= 4 is 23.5 Å². The Hall–Kier alpha value is -1.29. The van der Waals surface area contributed by atoms with E-state index in [1.807, 2.05) is 25.1 Å². The fourth-order valence-electron chi connectivity index (χ4n) is 3.44. The number of hydrogen-bond donors (Lipinski definition) is 1. The fourth-order valence-corrected chi connectivity index (χ4v) is 4.78. The van der Waals surface area contributed by atoms with Crippen LogP contribution >= 0.6 is 11.8 Å². The van der Waals surface area contributed by atoms with Crippen LogP contribution in [0.25, 0.3) is 0 Å². The topological polar surface area (TPSA) is 60.2 Å². The van der Waals surface area contributed by atoms with Crippen LogP contribution in [-0.4, -0.2) is 17.4 Å². The number of hydrogen-bond acceptors (Lipinski definition) is 3. The van der Waals surface area contributed by atoms with Crippen LogP contribution in [-0.2, 0) is 4.79 Å². The maximum absolute atomic E-state index is 12.8. The fraction of sp³-hybridized carbons (Fsp3) is 0.529. The average molecular weight is 303 g/mol. The Bertz CT molecular complexity index is 584. The van der Waals surface area contributed by atoms with Gasteiger partial charge in [-0.2, -0.15) is 0 Å². The highest BCUT2D eigenvalue weighted by Gasteiger charge is 2.35. The molecule has 1 aliphatic heterocycles. The lowest BCUT2D eigenvalue weighted by Crippen LogP contribution is -2.27. The first-order valence-corrected chi connectivity index (χ1v) is 8.66. The minimum Gasteiger partial charge on any atom is -0.369 e. The van der Waals surface area contributed by atoms with E-state index >= 15 is 0 Å². The molecule has 3 atom stereocenters. The van der Waals surface area contributed by atoms with E-state index in [0.29, 0.717) is 11.7 Å². The molecule has 2 N–H and O–H groups in total. The Morgan fingerprint density at radius 1 is 1.33 bits per heavy atom. The van der Waals surface area contributed by atoms with E-state index in [4.69, 9.17) is 5.73 Å². The Labute approximate surface area is 129 Å². The van der Waals surface area contributed by atoms with Gasteiger partial charge in [0.25, 0.3) is 0 Å². The summed E-state index contributed by atoms with van der Waals surface area (Å²) in [6.07, 6.45) is 4.61. The molecule has 1 aliphatic carbocycles. The third-order valence-corrected chi connectivity index (χ3v) is 6.14. The number of fused-ring (bicyclic) bond motifs is 2. The highest BCUT2D eigenvalue weighted by molar-refractivity contribution is 7.99. The van der Waals surface area contributed by atoms with Gasteiger partial charge in [0, 0.05) is 22.1 Å². The molecule has 0 radical (unpaired) electrons. The van der Waals surface area contributed by atoms with Crippen LogP contribution in [0.4, 0.5) is 0 Å². The first kappa shape index (κ1) is 14.6. The van der Waals surface area contributed by atoms with Gasteiger partial charge in [-0.15, -0.1) is 11.8 Å². The SMILES string of the molecule is CC(C(N)=O)c1ccc2c(c1)SCC1CCCCC1C2=O. The number of nitrogens with two attached hydrogens (primary N) is 1. The van der Waals surface area contributed by atoms with Gasteiger partial charge in [-0.25, -0.2) is 0 Å². The minimum atomic E-state index is -0.325. The van der Waals surface area contributed by atoms with Crippen molar-refractivity contribution in [2.75, 3.05) is 5.75 Å². The van der Waals surface area contributed by atoms with Gasteiger partial charge >= 0.3 is 0 Å². The van der Waals surface area contributed by atoms with E-state index in [1.54, 1.807) is 11.8 Å². The van der Waals surface area contributed by atoms with E-state index in [9.17, 15) is 9.59 Å². The maximum Gasteiger partial charge on any atom is 0.224 e. The first-order valence-electron chi connectivity index (χ1n) is 7.68. The van der Waals surface area contributed by atoms with Gasteiger partial charge in [-0.3, -0.25) is 9.59 Å². The molecule has 1 heterocycles. The van der Waals surface area contributed by atoms with Crippen molar-refractivity contribution in [1.82, 2.24) is 0 Å². The van der Waals surface area contributed by atoms with E-state index in [-0.39, 0.29) is 17.7 Å². The normalized spacial score (nSPS) is 26.4. The summed E-state index contributed by atoms with van der Waals surface area (Å²) >= 11 is 1.77. The molecule has 1 saturated carbocycles. The van der Waals surface area contributed by atoms with Gasteiger partial charge in [0.15, 0.2) is 5.78 Å². The van der Waals surface area contributed by atoms with Crippen LogP contribution in [0.3, 0.4) is 0 Å². The smallest absolute Gasteiger partial charge is 0.224 e. The zero-order chi connectivity index (χ0) is 15.0. The summed E-state index contributed by atoms with van der Waals surface area (Å²) in [4.78, 5) is 25.2.